The second-order valence-electron chi connectivity index (χ2n) is 4.49. The summed E-state index contributed by atoms with van der Waals surface area (Å²) in [5.74, 6) is -0.929. The first-order chi connectivity index (χ1) is 9.51. The van der Waals surface area contributed by atoms with Gasteiger partial charge in [-0.2, -0.15) is 0 Å². The van der Waals surface area contributed by atoms with Gasteiger partial charge in [-0.05, 0) is 24.1 Å². The van der Waals surface area contributed by atoms with E-state index in [9.17, 15) is 14.7 Å². The number of carbonyl (C=O) groups is 1. The van der Waals surface area contributed by atoms with E-state index in [1.54, 1.807) is 18.2 Å². The molecule has 1 aromatic carbocycles. The second kappa shape index (κ2) is 5.89. The van der Waals surface area contributed by atoms with Crippen molar-refractivity contribution in [1.29, 1.82) is 0 Å². The summed E-state index contributed by atoms with van der Waals surface area (Å²) in [5, 5.41) is 10.1. The zero-order chi connectivity index (χ0) is 14.7. The van der Waals surface area contributed by atoms with Gasteiger partial charge in [0.2, 0.25) is 0 Å². The molecule has 108 valence electrons. The van der Waals surface area contributed by atoms with Gasteiger partial charge >= 0.3 is 11.7 Å². The Morgan fingerprint density at radius 3 is 3.00 bits per heavy atom. The number of fused-ring (bicyclic) bond motifs is 1. The first-order valence-electron chi connectivity index (χ1n) is 6.14. The quantitative estimate of drug-likeness (QED) is 0.684. The van der Waals surface area contributed by atoms with E-state index in [1.807, 2.05) is 0 Å². The zero-order valence-corrected chi connectivity index (χ0v) is 11.0. The Labute approximate surface area is 114 Å². The Balaban J connectivity index is 2.11. The maximum atomic E-state index is 11.1. The smallest absolute Gasteiger partial charge is 0.417 e. The van der Waals surface area contributed by atoms with E-state index in [1.165, 1.54) is 7.11 Å². The van der Waals surface area contributed by atoms with Gasteiger partial charge in [0.25, 0.3) is 0 Å². The molecule has 7 heteroatoms. The number of methoxy groups -OCH3 is 1. The van der Waals surface area contributed by atoms with Crippen molar-refractivity contribution in [3.8, 4) is 0 Å². The lowest BCUT2D eigenvalue weighted by Gasteiger charge is -2.18. The summed E-state index contributed by atoms with van der Waals surface area (Å²) in [6, 6.07) is 4.22. The molecular weight excluding hydrogens is 264 g/mol. The molecule has 2 atom stereocenters. The van der Waals surface area contributed by atoms with Gasteiger partial charge in [0.15, 0.2) is 5.58 Å². The minimum atomic E-state index is -0.954. The molecule has 2 unspecified atom stereocenters. The molecule has 2 rings (SSSR count). The lowest BCUT2D eigenvalue weighted by molar-refractivity contribution is -0.140. The standard InChI is InChI=1S/C13H16N2O5/c1-19-11(16)5-3-8(14)12(17)7-2-4-9-10(6-7)20-13(18)15-9/h2,4,6,8,12,17H,3,5,14H2,1H3,(H,15,18). The molecule has 4 N–H and O–H groups in total. The Kier molecular flexibility index (Phi) is 4.21. The van der Waals surface area contributed by atoms with Crippen LogP contribution in [-0.4, -0.2) is 29.2 Å². The third-order valence-electron chi connectivity index (χ3n) is 3.10. The minimum Gasteiger partial charge on any atom is -0.469 e. The number of rotatable bonds is 5. The van der Waals surface area contributed by atoms with Crippen LogP contribution in [0.2, 0.25) is 0 Å². The SMILES string of the molecule is COC(=O)CCC(N)C(O)c1ccc2[nH]c(=O)oc2c1. The number of carbonyl (C=O) groups excluding carboxylic acids is 1. The van der Waals surface area contributed by atoms with Crippen LogP contribution >= 0.6 is 0 Å². The van der Waals surface area contributed by atoms with E-state index in [0.29, 0.717) is 23.1 Å². The fraction of sp³-hybridized carbons (Fsp3) is 0.385. The number of oxazole rings is 1. The van der Waals surface area contributed by atoms with Crippen molar-refractivity contribution in [3.63, 3.8) is 0 Å². The number of aliphatic hydroxyl groups excluding tert-OH is 1. The van der Waals surface area contributed by atoms with Crippen molar-refractivity contribution in [1.82, 2.24) is 4.98 Å². The Morgan fingerprint density at radius 1 is 1.55 bits per heavy atom. The first-order valence-corrected chi connectivity index (χ1v) is 6.14. The highest BCUT2D eigenvalue weighted by atomic mass is 16.5. The van der Waals surface area contributed by atoms with E-state index >= 15 is 0 Å². The molecule has 0 fully saturated rings. The molecular formula is C13H16N2O5. The van der Waals surface area contributed by atoms with E-state index in [-0.39, 0.29) is 12.4 Å². The zero-order valence-electron chi connectivity index (χ0n) is 11.0. The summed E-state index contributed by atoms with van der Waals surface area (Å²) in [7, 11) is 1.30. The average Bonchev–Trinajstić information content (AvgIpc) is 2.82. The Bertz CT molecular complexity index is 660. The lowest BCUT2D eigenvalue weighted by Crippen LogP contribution is -2.29. The van der Waals surface area contributed by atoms with Crippen LogP contribution in [-0.2, 0) is 9.53 Å². The maximum Gasteiger partial charge on any atom is 0.417 e. The molecule has 0 radical (unpaired) electrons. The van der Waals surface area contributed by atoms with Crippen molar-refractivity contribution in [2.45, 2.75) is 25.0 Å². The van der Waals surface area contributed by atoms with Crippen molar-refractivity contribution in [3.05, 3.63) is 34.3 Å². The van der Waals surface area contributed by atoms with Crippen molar-refractivity contribution >= 4 is 17.1 Å². The molecule has 1 aromatic heterocycles. The molecule has 0 aliphatic rings. The Hall–Kier alpha value is -2.12. The second-order valence-corrected chi connectivity index (χ2v) is 4.49. The van der Waals surface area contributed by atoms with Crippen LogP contribution in [0, 0.1) is 0 Å². The highest BCUT2D eigenvalue weighted by Gasteiger charge is 2.19. The number of aromatic amines is 1. The largest absolute Gasteiger partial charge is 0.469 e. The molecule has 0 spiro atoms. The minimum absolute atomic E-state index is 0.135. The summed E-state index contributed by atoms with van der Waals surface area (Å²) < 4.78 is 9.43. The number of nitrogens with one attached hydrogen (secondary N) is 1. The number of H-pyrrole nitrogens is 1. The number of aliphatic hydroxyl groups is 1. The van der Waals surface area contributed by atoms with Gasteiger partial charge in [-0.1, -0.05) is 6.07 Å². The van der Waals surface area contributed by atoms with Gasteiger partial charge in [0.05, 0.1) is 18.7 Å². The van der Waals surface area contributed by atoms with Crippen LogP contribution in [0.1, 0.15) is 24.5 Å². The normalized spacial score (nSPS) is 14.2. The van der Waals surface area contributed by atoms with Gasteiger partial charge in [-0.15, -0.1) is 0 Å². The summed E-state index contributed by atoms with van der Waals surface area (Å²) in [6.07, 6.45) is -0.525. The van der Waals surface area contributed by atoms with Crippen molar-refractivity contribution < 1.29 is 19.1 Å². The molecule has 0 bridgehead atoms. The molecule has 0 aliphatic heterocycles. The monoisotopic (exact) mass is 280 g/mol. The van der Waals surface area contributed by atoms with Gasteiger partial charge < -0.3 is 20.0 Å². The number of hydrogen-bond donors (Lipinski definition) is 3. The van der Waals surface area contributed by atoms with Crippen LogP contribution in [0.15, 0.2) is 27.4 Å². The fourth-order valence-electron chi connectivity index (χ4n) is 1.94. The molecule has 2 aromatic rings. The van der Waals surface area contributed by atoms with Crippen LogP contribution in [0.3, 0.4) is 0 Å². The average molecular weight is 280 g/mol. The van der Waals surface area contributed by atoms with Gasteiger partial charge in [-0.3, -0.25) is 9.78 Å². The van der Waals surface area contributed by atoms with Crippen LogP contribution in [0.4, 0.5) is 0 Å². The molecule has 0 aliphatic carbocycles. The van der Waals surface area contributed by atoms with E-state index in [2.05, 4.69) is 9.72 Å². The summed E-state index contributed by atoms with van der Waals surface area (Å²) >= 11 is 0. The maximum absolute atomic E-state index is 11.1. The van der Waals surface area contributed by atoms with Crippen molar-refractivity contribution in [2.75, 3.05) is 7.11 Å². The predicted molar refractivity (Wildman–Crippen MR) is 71.0 cm³/mol. The topological polar surface area (TPSA) is 119 Å². The van der Waals surface area contributed by atoms with E-state index in [0.717, 1.165) is 0 Å². The lowest BCUT2D eigenvalue weighted by atomic mass is 9.99. The molecule has 0 saturated heterocycles. The van der Waals surface area contributed by atoms with Crippen molar-refractivity contribution in [2.24, 2.45) is 5.73 Å². The number of ether oxygens (including phenoxy) is 1. The van der Waals surface area contributed by atoms with Crippen LogP contribution < -0.4 is 11.5 Å². The van der Waals surface area contributed by atoms with Crippen LogP contribution in [0.5, 0.6) is 0 Å². The molecule has 1 heterocycles. The van der Waals surface area contributed by atoms with Gasteiger partial charge in [0.1, 0.15) is 0 Å². The summed E-state index contributed by atoms with van der Waals surface area (Å²) in [6.45, 7) is 0. The van der Waals surface area contributed by atoms with Gasteiger partial charge in [-0.25, -0.2) is 4.79 Å². The van der Waals surface area contributed by atoms with E-state index in [4.69, 9.17) is 10.2 Å². The van der Waals surface area contributed by atoms with Gasteiger partial charge in [0, 0.05) is 12.5 Å². The number of aromatic nitrogens is 1. The molecule has 7 nitrogen and oxygen atoms in total. The first kappa shape index (κ1) is 14.3. The van der Waals surface area contributed by atoms with Crippen LogP contribution in [0.25, 0.3) is 11.1 Å². The summed E-state index contributed by atoms with van der Waals surface area (Å²) in [5.41, 5.74) is 7.27. The Morgan fingerprint density at radius 2 is 2.30 bits per heavy atom. The number of hydrogen-bond acceptors (Lipinski definition) is 6. The fourth-order valence-corrected chi connectivity index (χ4v) is 1.94. The summed E-state index contributed by atoms with van der Waals surface area (Å²) in [4.78, 5) is 24.6. The number of esters is 1. The molecule has 0 amide bonds. The molecule has 0 saturated carbocycles. The third kappa shape index (κ3) is 3.06. The highest BCUT2D eigenvalue weighted by Crippen LogP contribution is 2.22. The predicted octanol–water partition coefficient (Wildman–Crippen LogP) is 0.435. The van der Waals surface area contributed by atoms with E-state index < -0.39 is 17.9 Å². The molecule has 20 heavy (non-hydrogen) atoms. The number of benzene rings is 1. The highest BCUT2D eigenvalue weighted by molar-refractivity contribution is 5.73. The third-order valence-corrected chi connectivity index (χ3v) is 3.10. The number of nitrogens with two attached hydrogens (primary N) is 1.